The van der Waals surface area contributed by atoms with E-state index in [0.717, 1.165) is 44.9 Å². The van der Waals surface area contributed by atoms with Crippen LogP contribution >= 0.6 is 0 Å². The van der Waals surface area contributed by atoms with Crippen molar-refractivity contribution >= 4 is 17.8 Å². The maximum atomic E-state index is 13.2. The molecule has 5 fully saturated rings. The Morgan fingerprint density at radius 3 is 2.44 bits per heavy atom. The lowest BCUT2D eigenvalue weighted by atomic mass is 9.49. The van der Waals surface area contributed by atoms with Gasteiger partial charge in [-0.1, -0.05) is 0 Å². The minimum atomic E-state index is -0.515. The molecule has 4 saturated carbocycles. The van der Waals surface area contributed by atoms with Gasteiger partial charge in [-0.05, 0) is 71.6 Å². The molecule has 150 valence electrons. The summed E-state index contributed by atoms with van der Waals surface area (Å²) in [6, 6.07) is -0.0255. The number of carbonyl (C=O) groups is 3. The first kappa shape index (κ1) is 18.8. The Hall–Kier alpha value is -1.59. The summed E-state index contributed by atoms with van der Waals surface area (Å²) in [5.41, 5.74) is -0.863. The van der Waals surface area contributed by atoms with Gasteiger partial charge in [0.1, 0.15) is 11.4 Å². The molecule has 3 atom stereocenters. The molecular formula is C21H32N2O4. The molecule has 4 bridgehead atoms. The van der Waals surface area contributed by atoms with Crippen molar-refractivity contribution in [3.8, 4) is 0 Å². The lowest BCUT2D eigenvalue weighted by molar-refractivity contribution is -0.158. The van der Waals surface area contributed by atoms with Crippen LogP contribution < -0.4 is 5.32 Å². The highest BCUT2D eigenvalue weighted by atomic mass is 16.6. The Labute approximate surface area is 161 Å². The molecule has 1 N–H and O–H groups in total. The number of likely N-dealkylation sites (tertiary alicyclic amines) is 1. The number of ether oxygens (including phenoxy) is 1. The van der Waals surface area contributed by atoms with E-state index in [4.69, 9.17) is 4.74 Å². The van der Waals surface area contributed by atoms with Crippen molar-refractivity contribution in [2.75, 3.05) is 13.1 Å². The highest BCUT2D eigenvalue weighted by Gasteiger charge is 2.58. The van der Waals surface area contributed by atoms with E-state index in [1.165, 1.54) is 0 Å². The molecule has 0 spiro atoms. The van der Waals surface area contributed by atoms with Gasteiger partial charge in [0.2, 0.25) is 5.91 Å². The summed E-state index contributed by atoms with van der Waals surface area (Å²) in [6.07, 6.45) is 5.81. The standard InChI is InChI=1S/C21H32N2O4/c1-20(2,3)27-19(26)23-6-4-5-16(12-23)22-18(25)21-9-13-7-14(10-21)17(24)15(8-13)11-21/h13-16H,4-12H2,1-3H3,(H,22,25). The van der Waals surface area contributed by atoms with E-state index in [9.17, 15) is 14.4 Å². The summed E-state index contributed by atoms with van der Waals surface area (Å²) in [5.74, 6) is 1.27. The van der Waals surface area contributed by atoms with Crippen LogP contribution in [0.15, 0.2) is 0 Å². The average molecular weight is 376 g/mol. The predicted octanol–water partition coefficient (Wildman–Crippen LogP) is 2.90. The van der Waals surface area contributed by atoms with Crippen LogP contribution in [-0.2, 0) is 14.3 Å². The van der Waals surface area contributed by atoms with Crippen molar-refractivity contribution < 1.29 is 19.1 Å². The molecule has 5 aliphatic rings. The Balaban J connectivity index is 1.38. The third-order valence-corrected chi connectivity index (χ3v) is 6.88. The van der Waals surface area contributed by atoms with Gasteiger partial charge >= 0.3 is 6.09 Å². The first-order valence-corrected chi connectivity index (χ1v) is 10.5. The van der Waals surface area contributed by atoms with Gasteiger partial charge in [-0.25, -0.2) is 4.79 Å². The zero-order valence-electron chi connectivity index (χ0n) is 16.8. The smallest absolute Gasteiger partial charge is 0.410 e. The van der Waals surface area contributed by atoms with Gasteiger partial charge in [-0.15, -0.1) is 0 Å². The van der Waals surface area contributed by atoms with Crippen molar-refractivity contribution in [2.24, 2.45) is 23.2 Å². The summed E-state index contributed by atoms with van der Waals surface area (Å²) in [7, 11) is 0. The van der Waals surface area contributed by atoms with Crippen LogP contribution in [0.25, 0.3) is 0 Å². The van der Waals surface area contributed by atoms with Crippen molar-refractivity contribution in [1.29, 1.82) is 0 Å². The van der Waals surface area contributed by atoms with E-state index in [0.29, 0.717) is 24.8 Å². The number of amides is 2. The number of piperidine rings is 1. The quantitative estimate of drug-likeness (QED) is 0.804. The zero-order chi connectivity index (χ0) is 19.4. The molecule has 5 rings (SSSR count). The van der Waals surface area contributed by atoms with Crippen LogP contribution in [0.3, 0.4) is 0 Å². The summed E-state index contributed by atoms with van der Waals surface area (Å²) >= 11 is 0. The lowest BCUT2D eigenvalue weighted by Crippen LogP contribution is -2.59. The molecule has 0 radical (unpaired) electrons. The number of nitrogens with zero attached hydrogens (tertiary/aromatic N) is 1. The number of rotatable bonds is 2. The average Bonchev–Trinajstić information content (AvgIpc) is 2.57. The third-order valence-electron chi connectivity index (χ3n) is 6.88. The topological polar surface area (TPSA) is 75.7 Å². The van der Waals surface area contributed by atoms with Crippen LogP contribution in [0.4, 0.5) is 4.79 Å². The number of hydrogen-bond donors (Lipinski definition) is 1. The van der Waals surface area contributed by atoms with E-state index in [2.05, 4.69) is 5.32 Å². The molecule has 1 aliphatic heterocycles. The Morgan fingerprint density at radius 2 is 1.81 bits per heavy atom. The normalized spacial score (nSPS) is 38.0. The summed E-state index contributed by atoms with van der Waals surface area (Å²) < 4.78 is 5.48. The number of carbonyl (C=O) groups excluding carboxylic acids is 3. The molecule has 1 saturated heterocycles. The van der Waals surface area contributed by atoms with Crippen molar-refractivity contribution in [2.45, 2.75) is 77.4 Å². The zero-order valence-corrected chi connectivity index (χ0v) is 16.8. The lowest BCUT2D eigenvalue weighted by Gasteiger charge is -2.54. The maximum absolute atomic E-state index is 13.2. The second-order valence-corrected chi connectivity index (χ2v) is 10.3. The van der Waals surface area contributed by atoms with Crippen molar-refractivity contribution in [3.63, 3.8) is 0 Å². The van der Waals surface area contributed by atoms with Gasteiger partial charge in [-0.3, -0.25) is 9.59 Å². The number of Topliss-reactive ketones (excluding diaryl/α,β-unsaturated/α-hetero) is 1. The van der Waals surface area contributed by atoms with Gasteiger partial charge in [0.05, 0.1) is 5.41 Å². The fraction of sp³-hybridized carbons (Fsp3) is 0.857. The molecule has 0 aromatic rings. The van der Waals surface area contributed by atoms with Gasteiger partial charge in [0.15, 0.2) is 0 Å². The van der Waals surface area contributed by atoms with E-state index >= 15 is 0 Å². The summed E-state index contributed by atoms with van der Waals surface area (Å²) in [6.45, 7) is 6.77. The predicted molar refractivity (Wildman–Crippen MR) is 100.0 cm³/mol. The highest BCUT2D eigenvalue weighted by molar-refractivity contribution is 5.91. The molecule has 1 heterocycles. The third kappa shape index (κ3) is 3.59. The Kier molecular flexibility index (Phi) is 4.51. The molecule has 0 aromatic heterocycles. The van der Waals surface area contributed by atoms with Crippen LogP contribution in [-0.4, -0.2) is 47.4 Å². The Bertz CT molecular complexity index is 635. The molecule has 27 heavy (non-hydrogen) atoms. The molecule has 6 nitrogen and oxygen atoms in total. The minimum Gasteiger partial charge on any atom is -0.444 e. The van der Waals surface area contributed by atoms with Crippen LogP contribution in [0.2, 0.25) is 0 Å². The molecule has 0 aromatic carbocycles. The van der Waals surface area contributed by atoms with Crippen LogP contribution in [0.1, 0.15) is 65.7 Å². The molecule has 4 aliphatic carbocycles. The fourth-order valence-electron chi connectivity index (χ4n) is 5.95. The SMILES string of the molecule is CC(C)(C)OC(=O)N1CCCC(NC(=O)C23CC4CC(C2)C(=O)C(C4)C3)C1. The molecular weight excluding hydrogens is 344 g/mol. The Morgan fingerprint density at radius 1 is 1.15 bits per heavy atom. The van der Waals surface area contributed by atoms with Gasteiger partial charge in [0.25, 0.3) is 0 Å². The van der Waals surface area contributed by atoms with E-state index < -0.39 is 5.60 Å². The number of nitrogens with one attached hydrogen (secondary N) is 1. The van der Waals surface area contributed by atoms with Crippen LogP contribution in [0.5, 0.6) is 0 Å². The monoisotopic (exact) mass is 376 g/mol. The van der Waals surface area contributed by atoms with E-state index in [-0.39, 0.29) is 35.3 Å². The van der Waals surface area contributed by atoms with Gasteiger partial charge < -0.3 is 15.0 Å². The first-order valence-electron chi connectivity index (χ1n) is 10.5. The van der Waals surface area contributed by atoms with Gasteiger partial charge in [0, 0.05) is 31.0 Å². The second kappa shape index (κ2) is 6.49. The van der Waals surface area contributed by atoms with Gasteiger partial charge in [-0.2, -0.15) is 0 Å². The van der Waals surface area contributed by atoms with Crippen molar-refractivity contribution in [3.05, 3.63) is 0 Å². The minimum absolute atomic E-state index is 0.0255. The fourth-order valence-corrected chi connectivity index (χ4v) is 5.95. The molecule has 2 amide bonds. The second-order valence-electron chi connectivity index (χ2n) is 10.3. The molecule has 3 unspecified atom stereocenters. The summed E-state index contributed by atoms with van der Waals surface area (Å²) in [5, 5.41) is 3.24. The largest absolute Gasteiger partial charge is 0.444 e. The van der Waals surface area contributed by atoms with Crippen LogP contribution in [0, 0.1) is 23.2 Å². The van der Waals surface area contributed by atoms with E-state index in [1.54, 1.807) is 4.90 Å². The number of hydrogen-bond acceptors (Lipinski definition) is 4. The molecule has 6 heteroatoms. The highest BCUT2D eigenvalue weighted by Crippen LogP contribution is 2.58. The number of ketones is 1. The maximum Gasteiger partial charge on any atom is 0.410 e. The van der Waals surface area contributed by atoms with Crippen molar-refractivity contribution in [1.82, 2.24) is 10.2 Å². The summed E-state index contributed by atoms with van der Waals surface area (Å²) in [4.78, 5) is 39.7. The van der Waals surface area contributed by atoms with E-state index in [1.807, 2.05) is 20.8 Å². The first-order chi connectivity index (χ1) is 12.7.